The molecule has 0 radical (unpaired) electrons. The van der Waals surface area contributed by atoms with Gasteiger partial charge in [0.15, 0.2) is 0 Å². The number of hydrogen-bond donors (Lipinski definition) is 0. The van der Waals surface area contributed by atoms with E-state index in [-0.39, 0.29) is 11.8 Å². The predicted octanol–water partition coefficient (Wildman–Crippen LogP) is 2.82. The number of amides is 2. The molecule has 0 bridgehead atoms. The van der Waals surface area contributed by atoms with Gasteiger partial charge < -0.3 is 14.5 Å². The Bertz CT molecular complexity index is 876. The molecule has 1 fully saturated rings. The van der Waals surface area contributed by atoms with Crippen molar-refractivity contribution in [2.24, 2.45) is 0 Å². The molecule has 0 unspecified atom stereocenters. The second-order valence-electron chi connectivity index (χ2n) is 8.01. The number of carbonyl (C=O) groups excluding carboxylic acids is 2. The first-order valence-corrected chi connectivity index (χ1v) is 10.2. The largest absolute Gasteiger partial charge is 0.485 e. The number of piperidine rings is 1. The average Bonchev–Trinajstić information content (AvgIpc) is 2.90. The van der Waals surface area contributed by atoms with Crippen molar-refractivity contribution in [3.8, 4) is 5.75 Å². The van der Waals surface area contributed by atoms with Gasteiger partial charge in [-0.15, -0.1) is 0 Å². The third kappa shape index (κ3) is 4.42. The monoisotopic (exact) mass is 393 g/mol. The van der Waals surface area contributed by atoms with Crippen LogP contribution in [0.4, 0.5) is 0 Å². The zero-order valence-electron chi connectivity index (χ0n) is 16.8. The minimum Gasteiger partial charge on any atom is -0.485 e. The Morgan fingerprint density at radius 1 is 1.10 bits per heavy atom. The summed E-state index contributed by atoms with van der Waals surface area (Å²) < 4.78 is 6.48. The van der Waals surface area contributed by atoms with Crippen molar-refractivity contribution < 1.29 is 14.3 Å². The van der Waals surface area contributed by atoms with Crippen LogP contribution >= 0.6 is 0 Å². The lowest BCUT2D eigenvalue weighted by Gasteiger charge is -2.42. The number of aryl methyl sites for hydroxylation is 1. The predicted molar refractivity (Wildman–Crippen MR) is 109 cm³/mol. The maximum atomic E-state index is 12.7. The number of benzene rings is 1. The molecule has 6 heteroatoms. The molecule has 0 atom stereocenters. The van der Waals surface area contributed by atoms with Gasteiger partial charge in [0.05, 0.1) is 6.54 Å². The molecule has 6 nitrogen and oxygen atoms in total. The molecule has 4 rings (SSSR count). The molecule has 2 aliphatic rings. The van der Waals surface area contributed by atoms with Crippen molar-refractivity contribution >= 4 is 11.8 Å². The van der Waals surface area contributed by atoms with Gasteiger partial charge in [-0.1, -0.05) is 24.3 Å². The zero-order chi connectivity index (χ0) is 20.3. The van der Waals surface area contributed by atoms with E-state index in [4.69, 9.17) is 4.74 Å². The normalized spacial score (nSPS) is 18.0. The molecule has 29 heavy (non-hydrogen) atoms. The van der Waals surface area contributed by atoms with E-state index in [1.54, 1.807) is 13.1 Å². The number of rotatable bonds is 3. The van der Waals surface area contributed by atoms with Crippen LogP contribution in [-0.2, 0) is 22.6 Å². The lowest BCUT2D eigenvalue weighted by Crippen LogP contribution is -2.55. The third-order valence-corrected chi connectivity index (χ3v) is 5.96. The Morgan fingerprint density at radius 2 is 1.90 bits per heavy atom. The third-order valence-electron chi connectivity index (χ3n) is 5.96. The molecular weight excluding hydrogens is 366 g/mol. The van der Waals surface area contributed by atoms with Crippen molar-refractivity contribution in [2.75, 3.05) is 19.6 Å². The van der Waals surface area contributed by atoms with Gasteiger partial charge in [-0.3, -0.25) is 14.6 Å². The van der Waals surface area contributed by atoms with E-state index in [2.05, 4.69) is 4.98 Å². The van der Waals surface area contributed by atoms with Crippen LogP contribution < -0.4 is 4.74 Å². The average molecular weight is 393 g/mol. The summed E-state index contributed by atoms with van der Waals surface area (Å²) in [6.45, 7) is 4.05. The Kier molecular flexibility index (Phi) is 5.51. The van der Waals surface area contributed by atoms with E-state index >= 15 is 0 Å². The molecule has 1 spiro atoms. The number of likely N-dealkylation sites (tertiary alicyclic amines) is 1. The second kappa shape index (κ2) is 8.23. The van der Waals surface area contributed by atoms with Crippen LogP contribution in [0, 0.1) is 0 Å². The molecule has 3 heterocycles. The summed E-state index contributed by atoms with van der Waals surface area (Å²) in [5.41, 5.74) is 1.68. The number of nitrogens with zero attached hydrogens (tertiary/aromatic N) is 3. The highest BCUT2D eigenvalue weighted by Gasteiger charge is 2.42. The smallest absolute Gasteiger partial charge is 0.222 e. The van der Waals surface area contributed by atoms with Crippen LogP contribution in [0.2, 0.25) is 0 Å². The van der Waals surface area contributed by atoms with E-state index in [9.17, 15) is 9.59 Å². The van der Waals surface area contributed by atoms with E-state index in [0.717, 1.165) is 29.7 Å². The molecule has 0 N–H and O–H groups in total. The van der Waals surface area contributed by atoms with Crippen molar-refractivity contribution in [1.82, 2.24) is 14.8 Å². The van der Waals surface area contributed by atoms with E-state index in [0.29, 0.717) is 39.0 Å². The van der Waals surface area contributed by atoms with Crippen LogP contribution in [0.1, 0.15) is 37.3 Å². The van der Waals surface area contributed by atoms with Gasteiger partial charge in [-0.2, -0.15) is 0 Å². The number of aromatic nitrogens is 1. The molecule has 0 aliphatic carbocycles. The summed E-state index contributed by atoms with van der Waals surface area (Å²) in [4.78, 5) is 32.8. The van der Waals surface area contributed by atoms with Crippen molar-refractivity contribution in [1.29, 1.82) is 0 Å². The van der Waals surface area contributed by atoms with E-state index in [1.165, 1.54) is 0 Å². The standard InChI is InChI=1S/C23H27N3O3/c1-18(27)26-16-20-6-2-3-7-21(20)29-23(17-26)10-13-25(14-11-23)22(28)9-8-19-5-4-12-24-15-19/h2-7,12,15H,8-11,13-14,16-17H2,1H3. The first kappa shape index (κ1) is 19.4. The maximum Gasteiger partial charge on any atom is 0.222 e. The number of para-hydroxylation sites is 1. The summed E-state index contributed by atoms with van der Waals surface area (Å²) >= 11 is 0. The van der Waals surface area contributed by atoms with Gasteiger partial charge in [0.25, 0.3) is 0 Å². The minimum atomic E-state index is -0.432. The van der Waals surface area contributed by atoms with Gasteiger partial charge in [-0.05, 0) is 24.1 Å². The molecule has 152 valence electrons. The van der Waals surface area contributed by atoms with Gasteiger partial charge >= 0.3 is 0 Å². The van der Waals surface area contributed by atoms with E-state index < -0.39 is 5.60 Å². The topological polar surface area (TPSA) is 62.7 Å². The number of fused-ring (bicyclic) bond motifs is 1. The molecular formula is C23H27N3O3. The second-order valence-corrected chi connectivity index (χ2v) is 8.01. The minimum absolute atomic E-state index is 0.0552. The fourth-order valence-corrected chi connectivity index (χ4v) is 4.21. The summed E-state index contributed by atoms with van der Waals surface area (Å²) in [7, 11) is 0. The van der Waals surface area contributed by atoms with Crippen LogP contribution in [0.15, 0.2) is 48.8 Å². The summed E-state index contributed by atoms with van der Waals surface area (Å²) in [6, 6.07) is 11.8. The number of hydrogen-bond acceptors (Lipinski definition) is 4. The van der Waals surface area contributed by atoms with Crippen molar-refractivity contribution in [3.05, 3.63) is 59.9 Å². The summed E-state index contributed by atoms with van der Waals surface area (Å²) in [5, 5.41) is 0. The highest BCUT2D eigenvalue weighted by Crippen LogP contribution is 2.35. The Labute approximate surface area is 171 Å². The summed E-state index contributed by atoms with van der Waals surface area (Å²) in [6.07, 6.45) is 6.20. The molecule has 0 saturated carbocycles. The quantitative estimate of drug-likeness (QED) is 0.805. The van der Waals surface area contributed by atoms with Crippen molar-refractivity contribution in [2.45, 2.75) is 44.8 Å². The number of ether oxygens (including phenoxy) is 1. The maximum absolute atomic E-state index is 12.7. The molecule has 1 aromatic carbocycles. The fraction of sp³-hybridized carbons (Fsp3) is 0.435. The van der Waals surface area contributed by atoms with Crippen LogP contribution in [0.5, 0.6) is 5.75 Å². The van der Waals surface area contributed by atoms with Gasteiger partial charge in [0.1, 0.15) is 11.4 Å². The van der Waals surface area contributed by atoms with Gasteiger partial charge in [0, 0.05) is 63.8 Å². The Morgan fingerprint density at radius 3 is 2.62 bits per heavy atom. The van der Waals surface area contributed by atoms with E-state index in [1.807, 2.05) is 52.4 Å². The summed E-state index contributed by atoms with van der Waals surface area (Å²) in [5.74, 6) is 1.08. The van der Waals surface area contributed by atoms with Crippen LogP contribution in [-0.4, -0.2) is 51.8 Å². The van der Waals surface area contributed by atoms with Gasteiger partial charge in [-0.25, -0.2) is 0 Å². The lowest BCUT2D eigenvalue weighted by atomic mass is 9.90. The fourth-order valence-electron chi connectivity index (χ4n) is 4.21. The Balaban J connectivity index is 1.41. The molecule has 2 aromatic rings. The molecule has 1 saturated heterocycles. The highest BCUT2D eigenvalue weighted by atomic mass is 16.5. The lowest BCUT2D eigenvalue weighted by molar-refractivity contribution is -0.138. The first-order valence-electron chi connectivity index (χ1n) is 10.2. The van der Waals surface area contributed by atoms with Crippen LogP contribution in [0.25, 0.3) is 0 Å². The number of carbonyl (C=O) groups is 2. The SMILES string of the molecule is CC(=O)N1Cc2ccccc2OC2(CCN(C(=O)CCc3cccnc3)CC2)C1. The highest BCUT2D eigenvalue weighted by molar-refractivity contribution is 5.76. The van der Waals surface area contributed by atoms with Crippen molar-refractivity contribution in [3.63, 3.8) is 0 Å². The molecule has 2 aliphatic heterocycles. The van der Waals surface area contributed by atoms with Crippen LogP contribution in [0.3, 0.4) is 0 Å². The Hall–Kier alpha value is -2.89. The molecule has 2 amide bonds. The molecule has 1 aromatic heterocycles. The first-order chi connectivity index (χ1) is 14.0. The zero-order valence-corrected chi connectivity index (χ0v) is 16.8. The number of pyridine rings is 1. The van der Waals surface area contributed by atoms with Gasteiger partial charge in [0.2, 0.25) is 11.8 Å².